The number of para-hydroxylation sites is 1. The van der Waals surface area contributed by atoms with Gasteiger partial charge in [0.1, 0.15) is 18.1 Å². The third kappa shape index (κ3) is 10.6. The highest BCUT2D eigenvalue weighted by atomic mass is 16.4. The van der Waals surface area contributed by atoms with Crippen LogP contribution in [0.5, 0.6) is 0 Å². The van der Waals surface area contributed by atoms with Gasteiger partial charge in [-0.3, -0.25) is 24.2 Å². The molecule has 0 radical (unpaired) electrons. The summed E-state index contributed by atoms with van der Waals surface area (Å²) in [5, 5.41) is 26.9. The van der Waals surface area contributed by atoms with E-state index < -0.39 is 60.2 Å². The highest BCUT2D eigenvalue weighted by molar-refractivity contribution is 5.94. The zero-order chi connectivity index (χ0) is 32.9. The molecule has 0 fully saturated rings. The average Bonchev–Trinajstić information content (AvgIpc) is 3.66. The van der Waals surface area contributed by atoms with E-state index in [1.54, 1.807) is 6.20 Å². The van der Waals surface area contributed by atoms with Gasteiger partial charge in [0.05, 0.1) is 12.4 Å². The summed E-state index contributed by atoms with van der Waals surface area (Å²) in [6.07, 6.45) is 4.11. The number of carbonyl (C=O) groups is 5. The van der Waals surface area contributed by atoms with E-state index in [1.807, 2.05) is 24.3 Å². The van der Waals surface area contributed by atoms with Crippen molar-refractivity contribution >= 4 is 46.5 Å². The van der Waals surface area contributed by atoms with Crippen molar-refractivity contribution in [1.29, 1.82) is 0 Å². The Morgan fingerprint density at radius 1 is 0.889 bits per heavy atom. The Balaban J connectivity index is 1.76. The van der Waals surface area contributed by atoms with E-state index in [0.29, 0.717) is 5.69 Å². The Bertz CT molecular complexity index is 1500. The monoisotopic (exact) mass is 626 g/mol. The number of guanidine groups is 1. The SMILES string of the molecule is NC(N)=NCCCC(NC(=O)C(Cc1cnc[nH]1)NC(=O)C(N)Cc1c[nH]c2ccccc12)C(=O)NC(CCC(=O)O)C(=O)O. The van der Waals surface area contributed by atoms with Crippen molar-refractivity contribution in [2.75, 3.05) is 6.54 Å². The third-order valence-corrected chi connectivity index (χ3v) is 6.90. The van der Waals surface area contributed by atoms with Gasteiger partial charge in [-0.15, -0.1) is 0 Å². The van der Waals surface area contributed by atoms with E-state index in [9.17, 15) is 29.1 Å². The summed E-state index contributed by atoms with van der Waals surface area (Å²) in [7, 11) is 0. The van der Waals surface area contributed by atoms with E-state index >= 15 is 0 Å². The Morgan fingerprint density at radius 3 is 2.24 bits per heavy atom. The number of aromatic nitrogens is 3. The van der Waals surface area contributed by atoms with Crippen molar-refractivity contribution in [3.63, 3.8) is 0 Å². The van der Waals surface area contributed by atoms with E-state index in [-0.39, 0.29) is 44.6 Å². The van der Waals surface area contributed by atoms with Crippen LogP contribution in [-0.4, -0.2) is 91.5 Å². The summed E-state index contributed by atoms with van der Waals surface area (Å²) in [5.41, 5.74) is 19.2. The van der Waals surface area contributed by atoms with Gasteiger partial charge >= 0.3 is 11.9 Å². The second kappa shape index (κ2) is 16.4. The van der Waals surface area contributed by atoms with Gasteiger partial charge < -0.3 is 53.3 Å². The fraction of sp³-hybridized carbons (Fsp3) is 0.393. The minimum absolute atomic E-state index is 0.00950. The number of aliphatic imine (C=N–C) groups is 1. The van der Waals surface area contributed by atoms with Gasteiger partial charge in [-0.2, -0.15) is 0 Å². The first-order chi connectivity index (χ1) is 21.4. The molecule has 242 valence electrons. The van der Waals surface area contributed by atoms with Crippen molar-refractivity contribution in [1.82, 2.24) is 30.9 Å². The molecule has 13 N–H and O–H groups in total. The van der Waals surface area contributed by atoms with Crippen LogP contribution in [0.2, 0.25) is 0 Å². The number of aliphatic carboxylic acids is 2. The molecule has 0 bridgehead atoms. The Hall–Kier alpha value is -5.45. The number of carboxylic acid groups (broad SMARTS) is 2. The molecule has 0 saturated carbocycles. The number of H-pyrrole nitrogens is 2. The molecule has 0 aliphatic carbocycles. The van der Waals surface area contributed by atoms with Gasteiger partial charge in [0.25, 0.3) is 0 Å². The van der Waals surface area contributed by atoms with Crippen molar-refractivity contribution in [3.05, 3.63) is 54.2 Å². The van der Waals surface area contributed by atoms with Gasteiger partial charge in [-0.25, -0.2) is 9.78 Å². The van der Waals surface area contributed by atoms with Crippen LogP contribution >= 0.6 is 0 Å². The number of nitrogens with zero attached hydrogens (tertiary/aromatic N) is 2. The molecule has 3 rings (SSSR count). The Kier molecular flexibility index (Phi) is 12.4. The van der Waals surface area contributed by atoms with Crippen LogP contribution < -0.4 is 33.2 Å². The fourth-order valence-electron chi connectivity index (χ4n) is 4.58. The quantitative estimate of drug-likeness (QED) is 0.0438. The average molecular weight is 627 g/mol. The summed E-state index contributed by atoms with van der Waals surface area (Å²) in [6, 6.07) is 2.50. The maximum absolute atomic E-state index is 13.6. The van der Waals surface area contributed by atoms with Crippen molar-refractivity contribution in [3.8, 4) is 0 Å². The van der Waals surface area contributed by atoms with Crippen molar-refractivity contribution in [2.24, 2.45) is 22.2 Å². The molecule has 0 saturated heterocycles. The van der Waals surface area contributed by atoms with Crippen LogP contribution in [0.3, 0.4) is 0 Å². The molecular formula is C28H38N10O7. The molecule has 1 aromatic carbocycles. The first-order valence-electron chi connectivity index (χ1n) is 14.1. The second-order valence-electron chi connectivity index (χ2n) is 10.4. The minimum Gasteiger partial charge on any atom is -0.481 e. The largest absolute Gasteiger partial charge is 0.481 e. The number of fused-ring (bicyclic) bond motifs is 1. The molecule has 3 aromatic rings. The maximum atomic E-state index is 13.6. The van der Waals surface area contributed by atoms with Crippen LogP contribution in [0.15, 0.2) is 48.0 Å². The second-order valence-corrected chi connectivity index (χ2v) is 10.4. The molecule has 0 aliphatic rings. The molecule has 17 heteroatoms. The summed E-state index contributed by atoms with van der Waals surface area (Å²) < 4.78 is 0. The highest BCUT2D eigenvalue weighted by Gasteiger charge is 2.31. The Labute approximate surface area is 257 Å². The van der Waals surface area contributed by atoms with E-state index in [4.69, 9.17) is 22.3 Å². The highest BCUT2D eigenvalue weighted by Crippen LogP contribution is 2.19. The van der Waals surface area contributed by atoms with Crippen molar-refractivity contribution in [2.45, 2.75) is 62.7 Å². The summed E-state index contributed by atoms with van der Waals surface area (Å²) in [6.45, 7) is 0.111. The molecule has 0 aliphatic heterocycles. The number of hydrogen-bond donors (Lipinski definition) is 10. The summed E-state index contributed by atoms with van der Waals surface area (Å²) >= 11 is 0. The number of amides is 3. The fourth-order valence-corrected chi connectivity index (χ4v) is 4.58. The first kappa shape index (κ1) is 34.0. The number of nitrogens with one attached hydrogen (secondary N) is 5. The lowest BCUT2D eigenvalue weighted by molar-refractivity contribution is -0.143. The van der Waals surface area contributed by atoms with Gasteiger partial charge in [0, 0.05) is 48.4 Å². The predicted molar refractivity (Wildman–Crippen MR) is 162 cm³/mol. The number of nitrogens with two attached hydrogens (primary N) is 3. The number of imidazole rings is 1. The zero-order valence-electron chi connectivity index (χ0n) is 24.4. The predicted octanol–water partition coefficient (Wildman–Crippen LogP) is -1.54. The lowest BCUT2D eigenvalue weighted by atomic mass is 10.0. The number of carbonyl (C=O) groups excluding carboxylic acids is 3. The lowest BCUT2D eigenvalue weighted by Crippen LogP contribution is -2.57. The van der Waals surface area contributed by atoms with Gasteiger partial charge in [0.2, 0.25) is 17.7 Å². The van der Waals surface area contributed by atoms with E-state index in [1.165, 1.54) is 12.5 Å². The van der Waals surface area contributed by atoms with Crippen LogP contribution in [0.1, 0.15) is 36.9 Å². The number of hydrogen-bond acceptors (Lipinski definition) is 8. The van der Waals surface area contributed by atoms with Crippen LogP contribution in [-0.2, 0) is 36.8 Å². The number of carboxylic acids is 2. The van der Waals surface area contributed by atoms with Gasteiger partial charge in [-0.05, 0) is 37.3 Å². The maximum Gasteiger partial charge on any atom is 0.326 e. The van der Waals surface area contributed by atoms with Gasteiger partial charge in [-0.1, -0.05) is 18.2 Å². The number of aromatic amines is 2. The molecule has 17 nitrogen and oxygen atoms in total. The number of benzene rings is 1. The van der Waals surface area contributed by atoms with Crippen molar-refractivity contribution < 1.29 is 34.2 Å². The minimum atomic E-state index is -1.52. The Morgan fingerprint density at radius 2 is 1.58 bits per heavy atom. The molecular weight excluding hydrogens is 588 g/mol. The standard InChI is InChI=1S/C28H38N10O7/c29-18(10-15-12-34-19-5-2-1-4-17(15)19)24(41)38-22(11-16-13-32-14-35-16)26(43)36-20(6-3-9-33-28(30)31)25(42)37-21(27(44)45)7-8-23(39)40/h1-2,4-5,12-14,18,20-22,34H,3,6-11,29H2,(H,32,35)(H,36,43)(H,37,42)(H,38,41)(H,39,40)(H,44,45)(H4,30,31,33). The van der Waals surface area contributed by atoms with Crippen LogP contribution in [0.25, 0.3) is 10.9 Å². The molecule has 0 spiro atoms. The number of rotatable bonds is 18. The summed E-state index contributed by atoms with van der Waals surface area (Å²) in [5.74, 6) is -5.09. The zero-order valence-corrected chi connectivity index (χ0v) is 24.4. The lowest BCUT2D eigenvalue weighted by Gasteiger charge is -2.25. The molecule has 3 amide bonds. The summed E-state index contributed by atoms with van der Waals surface area (Å²) in [4.78, 5) is 76.4. The topological polar surface area (TPSA) is 297 Å². The smallest absolute Gasteiger partial charge is 0.326 e. The van der Waals surface area contributed by atoms with Gasteiger partial charge in [0.15, 0.2) is 5.96 Å². The molecule has 4 atom stereocenters. The molecule has 2 heterocycles. The van der Waals surface area contributed by atoms with Crippen LogP contribution in [0.4, 0.5) is 0 Å². The van der Waals surface area contributed by atoms with E-state index in [0.717, 1.165) is 16.5 Å². The first-order valence-corrected chi connectivity index (χ1v) is 14.1. The normalized spacial score (nSPS) is 13.6. The van der Waals surface area contributed by atoms with Crippen LogP contribution in [0, 0.1) is 0 Å². The van der Waals surface area contributed by atoms with E-state index in [2.05, 4.69) is 35.9 Å². The molecule has 45 heavy (non-hydrogen) atoms. The molecule has 2 aromatic heterocycles. The molecule has 4 unspecified atom stereocenters. The third-order valence-electron chi connectivity index (χ3n) is 6.90.